The molecule has 3 aliphatic rings. The molecule has 1 heterocycles. The summed E-state index contributed by atoms with van der Waals surface area (Å²) < 4.78 is 0. The van der Waals surface area contributed by atoms with Crippen molar-refractivity contribution in [2.24, 2.45) is 5.73 Å². The van der Waals surface area contributed by atoms with Crippen molar-refractivity contribution in [1.29, 1.82) is 0 Å². The van der Waals surface area contributed by atoms with Gasteiger partial charge in [-0.25, -0.2) is 0 Å². The number of nitrogens with one attached hydrogen (secondary N) is 1. The van der Waals surface area contributed by atoms with Crippen molar-refractivity contribution in [3.63, 3.8) is 0 Å². The minimum absolute atomic E-state index is 0.145. The number of likely N-dealkylation sites (tertiary alicyclic amines) is 1. The molecular formula is C15H27N3O. The smallest absolute Gasteiger partial charge is 0.239 e. The predicted octanol–water partition coefficient (Wildman–Crippen LogP) is 1.39. The second-order valence-electron chi connectivity index (χ2n) is 6.88. The SMILES string of the molecule is CC1CC(NC2CCCCC2)(C(N)=O)CN1C1CC1. The molecule has 1 aliphatic heterocycles. The van der Waals surface area contributed by atoms with Gasteiger partial charge in [0.15, 0.2) is 0 Å². The van der Waals surface area contributed by atoms with Crippen molar-refractivity contribution < 1.29 is 4.79 Å². The van der Waals surface area contributed by atoms with E-state index in [9.17, 15) is 4.79 Å². The number of nitrogens with zero attached hydrogens (tertiary/aromatic N) is 1. The maximum Gasteiger partial charge on any atom is 0.239 e. The second-order valence-corrected chi connectivity index (χ2v) is 6.88. The minimum Gasteiger partial charge on any atom is -0.368 e. The molecule has 0 spiro atoms. The van der Waals surface area contributed by atoms with Gasteiger partial charge >= 0.3 is 0 Å². The number of rotatable bonds is 4. The molecule has 19 heavy (non-hydrogen) atoms. The Hall–Kier alpha value is -0.610. The van der Waals surface area contributed by atoms with Gasteiger partial charge in [0.2, 0.25) is 5.91 Å². The molecule has 108 valence electrons. The highest BCUT2D eigenvalue weighted by molar-refractivity contribution is 5.85. The quantitative estimate of drug-likeness (QED) is 0.807. The maximum atomic E-state index is 12.1. The number of primary amides is 1. The van der Waals surface area contributed by atoms with Gasteiger partial charge < -0.3 is 5.73 Å². The van der Waals surface area contributed by atoms with Gasteiger partial charge in [-0.05, 0) is 39.0 Å². The average molecular weight is 265 g/mol. The Morgan fingerprint density at radius 3 is 2.47 bits per heavy atom. The second kappa shape index (κ2) is 5.06. The van der Waals surface area contributed by atoms with Gasteiger partial charge in [-0.2, -0.15) is 0 Å². The first kappa shape index (κ1) is 13.4. The third-order valence-electron chi connectivity index (χ3n) is 5.24. The van der Waals surface area contributed by atoms with E-state index in [4.69, 9.17) is 5.73 Å². The Balaban J connectivity index is 1.70. The zero-order chi connectivity index (χ0) is 13.5. The highest BCUT2D eigenvalue weighted by Crippen LogP contribution is 2.38. The van der Waals surface area contributed by atoms with Crippen molar-refractivity contribution >= 4 is 5.91 Å². The van der Waals surface area contributed by atoms with E-state index in [-0.39, 0.29) is 5.91 Å². The average Bonchev–Trinajstić information content (AvgIpc) is 3.16. The third kappa shape index (κ3) is 2.65. The zero-order valence-electron chi connectivity index (χ0n) is 12.0. The first-order chi connectivity index (χ1) is 9.11. The summed E-state index contributed by atoms with van der Waals surface area (Å²) in [4.78, 5) is 14.6. The largest absolute Gasteiger partial charge is 0.368 e. The van der Waals surface area contributed by atoms with E-state index in [0.29, 0.717) is 18.1 Å². The third-order valence-corrected chi connectivity index (χ3v) is 5.24. The fraction of sp³-hybridized carbons (Fsp3) is 0.933. The Bertz CT molecular complexity index is 349. The zero-order valence-corrected chi connectivity index (χ0v) is 12.0. The number of nitrogens with two attached hydrogens (primary N) is 1. The van der Waals surface area contributed by atoms with E-state index >= 15 is 0 Å². The van der Waals surface area contributed by atoms with Crippen LogP contribution in [-0.2, 0) is 4.79 Å². The summed E-state index contributed by atoms with van der Waals surface area (Å²) in [5, 5.41) is 3.66. The van der Waals surface area contributed by atoms with Crippen LogP contribution in [-0.4, -0.2) is 41.0 Å². The van der Waals surface area contributed by atoms with Crippen molar-refractivity contribution in [1.82, 2.24) is 10.2 Å². The van der Waals surface area contributed by atoms with Gasteiger partial charge in [0.05, 0.1) is 0 Å². The number of hydrogen-bond acceptors (Lipinski definition) is 3. The summed E-state index contributed by atoms with van der Waals surface area (Å²) in [5.74, 6) is -0.145. The minimum atomic E-state index is -0.468. The first-order valence-corrected chi connectivity index (χ1v) is 7.94. The number of carbonyl (C=O) groups is 1. The summed E-state index contributed by atoms with van der Waals surface area (Å²) in [6.07, 6.45) is 9.79. The van der Waals surface area contributed by atoms with Gasteiger partial charge in [0.25, 0.3) is 0 Å². The normalized spacial score (nSPS) is 37.6. The van der Waals surface area contributed by atoms with Crippen molar-refractivity contribution in [3.05, 3.63) is 0 Å². The lowest BCUT2D eigenvalue weighted by Crippen LogP contribution is -2.60. The Labute approximate surface area is 116 Å². The molecule has 0 aromatic rings. The van der Waals surface area contributed by atoms with Crippen molar-refractivity contribution in [3.8, 4) is 0 Å². The molecule has 0 aromatic heterocycles. The summed E-state index contributed by atoms with van der Waals surface area (Å²) in [7, 11) is 0. The Morgan fingerprint density at radius 1 is 1.21 bits per heavy atom. The molecule has 2 saturated carbocycles. The molecule has 2 unspecified atom stereocenters. The molecule has 0 radical (unpaired) electrons. The predicted molar refractivity (Wildman–Crippen MR) is 75.7 cm³/mol. The molecule has 3 rings (SSSR count). The van der Waals surface area contributed by atoms with Crippen LogP contribution in [0.2, 0.25) is 0 Å². The number of hydrogen-bond donors (Lipinski definition) is 2. The molecule has 4 heteroatoms. The van der Waals surface area contributed by atoms with Gasteiger partial charge in [0.1, 0.15) is 5.54 Å². The Morgan fingerprint density at radius 2 is 1.89 bits per heavy atom. The van der Waals surface area contributed by atoms with Crippen LogP contribution in [0.15, 0.2) is 0 Å². The summed E-state index contributed by atoms with van der Waals surface area (Å²) in [6.45, 7) is 3.07. The van der Waals surface area contributed by atoms with Crippen LogP contribution >= 0.6 is 0 Å². The lowest BCUT2D eigenvalue weighted by atomic mass is 9.89. The van der Waals surface area contributed by atoms with E-state index in [2.05, 4.69) is 17.1 Å². The van der Waals surface area contributed by atoms with E-state index in [1.165, 1.54) is 44.9 Å². The standard InChI is InChI=1S/C15H27N3O/c1-11-9-15(14(16)19,10-18(11)13-7-8-13)17-12-5-3-2-4-6-12/h11-13,17H,2-10H2,1H3,(H2,16,19). The summed E-state index contributed by atoms with van der Waals surface area (Å²) >= 11 is 0. The van der Waals surface area contributed by atoms with Crippen LogP contribution in [0.25, 0.3) is 0 Å². The molecule has 3 N–H and O–H groups in total. The molecule has 3 fully saturated rings. The number of carbonyl (C=O) groups excluding carboxylic acids is 1. The highest BCUT2D eigenvalue weighted by atomic mass is 16.1. The van der Waals surface area contributed by atoms with Crippen molar-refractivity contribution in [2.45, 2.75) is 82.0 Å². The summed E-state index contributed by atoms with van der Waals surface area (Å²) in [5.41, 5.74) is 5.30. The molecule has 1 amide bonds. The lowest BCUT2D eigenvalue weighted by molar-refractivity contribution is -0.124. The van der Waals surface area contributed by atoms with Crippen LogP contribution in [0, 0.1) is 0 Å². The fourth-order valence-electron chi connectivity index (χ4n) is 4.04. The topological polar surface area (TPSA) is 58.4 Å². The van der Waals surface area contributed by atoms with Crippen LogP contribution in [0.5, 0.6) is 0 Å². The van der Waals surface area contributed by atoms with Crippen LogP contribution in [0.1, 0.15) is 58.3 Å². The first-order valence-electron chi connectivity index (χ1n) is 7.94. The van der Waals surface area contributed by atoms with Gasteiger partial charge in [-0.1, -0.05) is 19.3 Å². The fourth-order valence-corrected chi connectivity index (χ4v) is 4.04. The molecular weight excluding hydrogens is 238 g/mol. The van der Waals surface area contributed by atoms with E-state index in [1.54, 1.807) is 0 Å². The van der Waals surface area contributed by atoms with Crippen LogP contribution in [0.4, 0.5) is 0 Å². The van der Waals surface area contributed by atoms with Crippen LogP contribution in [0.3, 0.4) is 0 Å². The maximum absolute atomic E-state index is 12.1. The van der Waals surface area contributed by atoms with Crippen LogP contribution < -0.4 is 11.1 Å². The molecule has 2 atom stereocenters. The molecule has 4 nitrogen and oxygen atoms in total. The van der Waals surface area contributed by atoms with Gasteiger partial charge in [0, 0.05) is 24.7 Å². The van der Waals surface area contributed by atoms with Gasteiger partial charge in [-0.15, -0.1) is 0 Å². The van der Waals surface area contributed by atoms with E-state index < -0.39 is 5.54 Å². The lowest BCUT2D eigenvalue weighted by Gasteiger charge is -2.34. The van der Waals surface area contributed by atoms with E-state index in [0.717, 1.165) is 13.0 Å². The molecule has 2 aliphatic carbocycles. The van der Waals surface area contributed by atoms with Gasteiger partial charge in [-0.3, -0.25) is 15.0 Å². The highest BCUT2D eigenvalue weighted by Gasteiger charge is 2.51. The molecule has 0 bridgehead atoms. The number of amides is 1. The molecule has 0 aromatic carbocycles. The summed E-state index contributed by atoms with van der Waals surface area (Å²) in [6, 6.07) is 1.69. The van der Waals surface area contributed by atoms with E-state index in [1.807, 2.05) is 0 Å². The monoisotopic (exact) mass is 265 g/mol. The Kier molecular flexibility index (Phi) is 3.56. The van der Waals surface area contributed by atoms with Crippen molar-refractivity contribution in [2.75, 3.05) is 6.54 Å². The molecule has 1 saturated heterocycles.